The van der Waals surface area contributed by atoms with E-state index in [2.05, 4.69) is 0 Å². The second-order valence-corrected chi connectivity index (χ2v) is 4.44. The summed E-state index contributed by atoms with van der Waals surface area (Å²) >= 11 is 0. The van der Waals surface area contributed by atoms with Crippen molar-refractivity contribution in [2.45, 2.75) is 6.61 Å². The zero-order valence-corrected chi connectivity index (χ0v) is 15.1. The Balaban J connectivity index is 0.00000264. The minimum Gasteiger partial charge on any atom is -0.486 e. The van der Waals surface area contributed by atoms with Crippen LogP contribution in [-0.4, -0.2) is 6.98 Å². The average molecular weight is 351 g/mol. The van der Waals surface area contributed by atoms with Crippen LogP contribution in [-0.2, 0) is 6.61 Å². The molecule has 2 aromatic carbocycles. The van der Waals surface area contributed by atoms with Crippen LogP contribution < -0.4 is 61.6 Å². The predicted molar refractivity (Wildman–Crippen MR) is 70.6 cm³/mol. The third kappa shape index (κ3) is 5.03. The van der Waals surface area contributed by atoms with Gasteiger partial charge in [0.15, 0.2) is 11.6 Å². The Hall–Kier alpha value is -0.919. The van der Waals surface area contributed by atoms with Gasteiger partial charge < -0.3 is 17.7 Å². The molecule has 2 rings (SSSR count). The Morgan fingerprint density at radius 1 is 1.09 bits per heavy atom. The summed E-state index contributed by atoms with van der Waals surface area (Å²) in [6.07, 6.45) is 0. The van der Waals surface area contributed by atoms with E-state index in [-0.39, 0.29) is 62.5 Å². The molecule has 0 spiro atoms. The first-order valence-corrected chi connectivity index (χ1v) is 6.12. The molecule has 0 fully saturated rings. The van der Waals surface area contributed by atoms with Gasteiger partial charge in [-0.1, -0.05) is 18.2 Å². The molecule has 0 aliphatic rings. The molecule has 0 aliphatic carbocycles. The number of benzene rings is 2. The minimum atomic E-state index is -5.29. The molecule has 0 saturated heterocycles. The van der Waals surface area contributed by atoms with E-state index < -0.39 is 36.4 Å². The number of ether oxygens (including phenoxy) is 1. The quantitative estimate of drug-likeness (QED) is 0.593. The van der Waals surface area contributed by atoms with E-state index >= 15 is 0 Å². The fourth-order valence-electron chi connectivity index (χ4n) is 1.77. The van der Waals surface area contributed by atoms with Gasteiger partial charge in [0.25, 0.3) is 0 Å². The van der Waals surface area contributed by atoms with Gasteiger partial charge in [-0.15, -0.1) is 5.46 Å². The number of nitriles is 1. The Morgan fingerprint density at radius 2 is 1.78 bits per heavy atom. The van der Waals surface area contributed by atoms with Crippen LogP contribution in [0.5, 0.6) is 5.75 Å². The van der Waals surface area contributed by atoms with E-state index in [9.17, 15) is 21.7 Å². The second-order valence-electron chi connectivity index (χ2n) is 4.44. The van der Waals surface area contributed by atoms with Gasteiger partial charge in [-0.05, 0) is 18.2 Å². The molecule has 2 aromatic rings. The van der Waals surface area contributed by atoms with Crippen molar-refractivity contribution in [1.29, 1.82) is 5.26 Å². The molecule has 23 heavy (non-hydrogen) atoms. The molecular weight excluding hydrogens is 343 g/mol. The van der Waals surface area contributed by atoms with Gasteiger partial charge in [-0.3, -0.25) is 0 Å². The number of hydrogen-bond acceptors (Lipinski definition) is 2. The molecule has 0 amide bonds. The summed E-state index contributed by atoms with van der Waals surface area (Å²) in [7, 11) is 0. The van der Waals surface area contributed by atoms with Crippen LogP contribution in [0.2, 0.25) is 0 Å². The normalized spacial score (nSPS) is 10.6. The van der Waals surface area contributed by atoms with Crippen LogP contribution in [0.3, 0.4) is 0 Å². The first-order valence-electron chi connectivity index (χ1n) is 6.12. The van der Waals surface area contributed by atoms with E-state index in [0.717, 1.165) is 0 Å². The van der Waals surface area contributed by atoms with Crippen LogP contribution in [0.15, 0.2) is 36.4 Å². The Labute approximate surface area is 171 Å². The summed E-state index contributed by atoms with van der Waals surface area (Å²) in [4.78, 5) is 0. The van der Waals surface area contributed by atoms with Crippen molar-refractivity contribution >= 4 is 12.4 Å². The zero-order valence-electron chi connectivity index (χ0n) is 12.0. The Kier molecular flexibility index (Phi) is 7.23. The molecule has 0 aliphatic heterocycles. The average Bonchev–Trinajstić information content (AvgIpc) is 2.46. The van der Waals surface area contributed by atoms with Gasteiger partial charge in [-0.25, -0.2) is 8.78 Å². The molecular formula is C14H8BF5KNO. The summed E-state index contributed by atoms with van der Waals surface area (Å²) in [5.74, 6) is -2.46. The molecule has 114 valence electrons. The first-order chi connectivity index (χ1) is 10.3. The van der Waals surface area contributed by atoms with Crippen molar-refractivity contribution in [3.8, 4) is 11.8 Å². The fourth-order valence-corrected chi connectivity index (χ4v) is 1.77. The fraction of sp³-hybridized carbons (Fsp3) is 0.0714. The molecule has 0 heterocycles. The van der Waals surface area contributed by atoms with Gasteiger partial charge in [0.2, 0.25) is 0 Å². The van der Waals surface area contributed by atoms with Gasteiger partial charge >= 0.3 is 58.4 Å². The number of halogens is 5. The SMILES string of the molecule is N#Cc1cccc(COc2cc([B-](F)(F)F)ccc2F)c1F.[K+]. The standard InChI is InChI=1S/C14H8BF5NO.K/c16-12-5-4-11(15(18,19)20)6-13(12)22-8-10-3-1-2-9(7-21)14(10)17;/h1-6H,8H2;/q-1;+1. The largest absolute Gasteiger partial charge is 1.00 e. The smallest absolute Gasteiger partial charge is 0.486 e. The van der Waals surface area contributed by atoms with Crippen molar-refractivity contribution in [3.05, 3.63) is 59.2 Å². The second kappa shape index (κ2) is 8.26. The molecule has 0 unspecified atom stereocenters. The minimum absolute atomic E-state index is 0. The van der Waals surface area contributed by atoms with E-state index in [0.29, 0.717) is 18.2 Å². The third-order valence-corrected chi connectivity index (χ3v) is 2.92. The topological polar surface area (TPSA) is 33.0 Å². The van der Waals surface area contributed by atoms with E-state index in [1.807, 2.05) is 0 Å². The third-order valence-electron chi connectivity index (χ3n) is 2.92. The first kappa shape index (κ1) is 20.1. The van der Waals surface area contributed by atoms with Crippen LogP contribution in [0.25, 0.3) is 0 Å². The van der Waals surface area contributed by atoms with Crippen LogP contribution in [0.1, 0.15) is 11.1 Å². The number of hydrogen-bond donors (Lipinski definition) is 0. The molecule has 0 bridgehead atoms. The zero-order chi connectivity index (χ0) is 16.3. The van der Waals surface area contributed by atoms with Gasteiger partial charge in [0, 0.05) is 5.56 Å². The van der Waals surface area contributed by atoms with E-state index in [4.69, 9.17) is 10.00 Å². The molecule has 0 atom stereocenters. The molecule has 0 saturated carbocycles. The summed E-state index contributed by atoms with van der Waals surface area (Å²) in [5.41, 5.74) is -1.29. The Morgan fingerprint density at radius 3 is 2.39 bits per heavy atom. The molecule has 0 N–H and O–H groups in total. The van der Waals surface area contributed by atoms with E-state index in [1.54, 1.807) is 6.07 Å². The summed E-state index contributed by atoms with van der Waals surface area (Å²) in [5, 5.41) is 8.68. The van der Waals surface area contributed by atoms with Crippen LogP contribution in [0, 0.1) is 23.0 Å². The summed E-state index contributed by atoms with van der Waals surface area (Å²) < 4.78 is 70.0. The van der Waals surface area contributed by atoms with Gasteiger partial charge in [-0.2, -0.15) is 5.26 Å². The number of rotatable bonds is 4. The summed E-state index contributed by atoms with van der Waals surface area (Å²) in [6, 6.07) is 7.34. The summed E-state index contributed by atoms with van der Waals surface area (Å²) in [6.45, 7) is -5.78. The van der Waals surface area contributed by atoms with Gasteiger partial charge in [0.1, 0.15) is 18.5 Å². The Bertz CT molecular complexity index is 745. The molecule has 0 radical (unpaired) electrons. The van der Waals surface area contributed by atoms with Gasteiger partial charge in [0.05, 0.1) is 5.56 Å². The van der Waals surface area contributed by atoms with Crippen molar-refractivity contribution < 1.29 is 77.8 Å². The van der Waals surface area contributed by atoms with Crippen LogP contribution >= 0.6 is 0 Å². The van der Waals surface area contributed by atoms with Crippen molar-refractivity contribution in [1.82, 2.24) is 0 Å². The maximum Gasteiger partial charge on any atom is 1.00 e. The predicted octanol–water partition coefficient (Wildman–Crippen LogP) is 0.474. The molecule has 0 aromatic heterocycles. The molecule has 2 nitrogen and oxygen atoms in total. The monoisotopic (exact) mass is 351 g/mol. The van der Waals surface area contributed by atoms with E-state index in [1.165, 1.54) is 18.2 Å². The molecule has 9 heteroatoms. The van der Waals surface area contributed by atoms with Crippen molar-refractivity contribution in [3.63, 3.8) is 0 Å². The maximum atomic E-state index is 13.8. The van der Waals surface area contributed by atoms with Crippen LogP contribution in [0.4, 0.5) is 21.7 Å². The number of nitrogens with zero attached hydrogens (tertiary/aromatic N) is 1. The maximum absolute atomic E-state index is 13.8. The van der Waals surface area contributed by atoms with Crippen molar-refractivity contribution in [2.24, 2.45) is 0 Å². The van der Waals surface area contributed by atoms with Crippen molar-refractivity contribution in [2.75, 3.05) is 0 Å².